The zero-order valence-corrected chi connectivity index (χ0v) is 11.0. The van der Waals surface area contributed by atoms with Gasteiger partial charge in [0, 0.05) is 18.2 Å². The molecular formula is C14H13N4O3+. The Bertz CT molecular complexity index is 671. The molecule has 2 aromatic rings. The number of para-hydroxylation sites is 1. The first-order valence-corrected chi connectivity index (χ1v) is 6.16. The molecule has 1 aromatic carbocycles. The molecule has 0 unspecified atom stereocenters. The maximum absolute atomic E-state index is 11.6. The van der Waals surface area contributed by atoms with Crippen LogP contribution in [0.2, 0.25) is 0 Å². The van der Waals surface area contributed by atoms with Crippen LogP contribution in [0.5, 0.6) is 0 Å². The predicted octanol–water partition coefficient (Wildman–Crippen LogP) is 1.03. The Balaban J connectivity index is 1.97. The van der Waals surface area contributed by atoms with E-state index in [4.69, 9.17) is 0 Å². The number of hydrogen-bond donors (Lipinski definition) is 1. The van der Waals surface area contributed by atoms with Crippen molar-refractivity contribution in [3.63, 3.8) is 0 Å². The average Bonchev–Trinajstić information content (AvgIpc) is 2.48. The summed E-state index contributed by atoms with van der Waals surface area (Å²) in [4.78, 5) is 22.0. The fourth-order valence-corrected chi connectivity index (χ4v) is 1.68. The fourth-order valence-electron chi connectivity index (χ4n) is 1.68. The van der Waals surface area contributed by atoms with Gasteiger partial charge in [0.15, 0.2) is 12.4 Å². The molecule has 0 aliphatic rings. The monoisotopic (exact) mass is 285 g/mol. The third kappa shape index (κ3) is 4.20. The van der Waals surface area contributed by atoms with Crippen molar-refractivity contribution in [2.75, 3.05) is 0 Å². The van der Waals surface area contributed by atoms with E-state index >= 15 is 0 Å². The number of nitro benzene ring substituents is 1. The van der Waals surface area contributed by atoms with E-state index in [-0.39, 0.29) is 18.1 Å². The van der Waals surface area contributed by atoms with Crippen LogP contribution in [-0.2, 0) is 11.3 Å². The molecule has 0 bridgehead atoms. The first-order valence-electron chi connectivity index (χ1n) is 6.16. The van der Waals surface area contributed by atoms with Crippen molar-refractivity contribution < 1.29 is 14.3 Å². The maximum atomic E-state index is 11.6. The van der Waals surface area contributed by atoms with Gasteiger partial charge >= 0.3 is 5.91 Å². The Hall–Kier alpha value is -3.09. The lowest BCUT2D eigenvalue weighted by atomic mass is 10.2. The van der Waals surface area contributed by atoms with Gasteiger partial charge < -0.3 is 0 Å². The van der Waals surface area contributed by atoms with Gasteiger partial charge in [-0.05, 0) is 6.07 Å². The Morgan fingerprint density at radius 1 is 1.24 bits per heavy atom. The summed E-state index contributed by atoms with van der Waals surface area (Å²) in [5, 5.41) is 14.6. The maximum Gasteiger partial charge on any atom is 0.305 e. The number of nitro groups is 1. The molecule has 1 N–H and O–H groups in total. The van der Waals surface area contributed by atoms with Crippen LogP contribution in [0.25, 0.3) is 0 Å². The summed E-state index contributed by atoms with van der Waals surface area (Å²) in [5.74, 6) is -0.318. The van der Waals surface area contributed by atoms with E-state index in [1.54, 1.807) is 35.2 Å². The summed E-state index contributed by atoms with van der Waals surface area (Å²) >= 11 is 0. The molecule has 0 saturated heterocycles. The van der Waals surface area contributed by atoms with E-state index in [0.29, 0.717) is 5.56 Å². The summed E-state index contributed by atoms with van der Waals surface area (Å²) in [6, 6.07) is 11.6. The van der Waals surface area contributed by atoms with Crippen LogP contribution >= 0.6 is 0 Å². The number of benzene rings is 1. The topological polar surface area (TPSA) is 88.5 Å². The van der Waals surface area contributed by atoms with Crippen LogP contribution in [0, 0.1) is 10.1 Å². The van der Waals surface area contributed by atoms with Gasteiger partial charge in [-0.1, -0.05) is 18.2 Å². The van der Waals surface area contributed by atoms with Crippen LogP contribution < -0.4 is 9.99 Å². The lowest BCUT2D eigenvalue weighted by Crippen LogP contribution is -2.40. The van der Waals surface area contributed by atoms with Crippen LogP contribution in [0.1, 0.15) is 5.56 Å². The number of carbonyl (C=O) groups is 1. The van der Waals surface area contributed by atoms with E-state index in [2.05, 4.69) is 10.5 Å². The van der Waals surface area contributed by atoms with Crippen molar-refractivity contribution in [1.82, 2.24) is 5.43 Å². The van der Waals surface area contributed by atoms with Crippen LogP contribution in [0.4, 0.5) is 5.69 Å². The minimum atomic E-state index is -0.497. The molecule has 7 nitrogen and oxygen atoms in total. The zero-order chi connectivity index (χ0) is 15.1. The number of pyridine rings is 1. The Morgan fingerprint density at radius 3 is 2.67 bits per heavy atom. The van der Waals surface area contributed by atoms with Gasteiger partial charge in [-0.15, -0.1) is 0 Å². The van der Waals surface area contributed by atoms with E-state index in [0.717, 1.165) is 0 Å². The minimum Gasteiger partial charge on any atom is -0.266 e. The van der Waals surface area contributed by atoms with Gasteiger partial charge in [0.1, 0.15) is 0 Å². The fraction of sp³-hybridized carbons (Fsp3) is 0.0714. The van der Waals surface area contributed by atoms with Crippen molar-refractivity contribution in [3.05, 3.63) is 70.5 Å². The normalized spacial score (nSPS) is 10.5. The molecule has 1 heterocycles. The molecule has 0 fully saturated rings. The highest BCUT2D eigenvalue weighted by Crippen LogP contribution is 2.14. The highest BCUT2D eigenvalue weighted by Gasteiger charge is 2.10. The van der Waals surface area contributed by atoms with Crippen LogP contribution in [0.15, 0.2) is 60.0 Å². The molecule has 0 aliphatic carbocycles. The zero-order valence-electron chi connectivity index (χ0n) is 11.0. The molecule has 106 valence electrons. The smallest absolute Gasteiger partial charge is 0.266 e. The Morgan fingerprint density at radius 2 is 1.95 bits per heavy atom. The summed E-state index contributed by atoms with van der Waals surface area (Å²) in [5.41, 5.74) is 2.60. The van der Waals surface area contributed by atoms with Gasteiger partial charge in [-0.2, -0.15) is 9.67 Å². The molecule has 0 saturated carbocycles. The van der Waals surface area contributed by atoms with E-state index in [9.17, 15) is 14.9 Å². The first-order chi connectivity index (χ1) is 10.2. The SMILES string of the molecule is O=C(C[n+]1ccccc1)N/N=C\c1ccccc1[N+](=O)[O-]. The number of aromatic nitrogens is 1. The van der Waals surface area contributed by atoms with Crippen LogP contribution in [-0.4, -0.2) is 17.0 Å². The summed E-state index contributed by atoms with van der Waals surface area (Å²) in [7, 11) is 0. The number of carbonyl (C=O) groups excluding carboxylic acids is 1. The quantitative estimate of drug-likeness (QED) is 0.385. The summed E-state index contributed by atoms with van der Waals surface area (Å²) < 4.78 is 1.69. The highest BCUT2D eigenvalue weighted by molar-refractivity contribution is 5.86. The van der Waals surface area contributed by atoms with Crippen molar-refractivity contribution >= 4 is 17.8 Å². The van der Waals surface area contributed by atoms with E-state index in [1.807, 2.05) is 18.2 Å². The molecular weight excluding hydrogens is 272 g/mol. The molecule has 21 heavy (non-hydrogen) atoms. The second kappa shape index (κ2) is 6.90. The molecule has 0 spiro atoms. The molecule has 0 radical (unpaired) electrons. The highest BCUT2D eigenvalue weighted by atomic mass is 16.6. The Labute approximate surface area is 120 Å². The van der Waals surface area contributed by atoms with Gasteiger partial charge in [0.2, 0.25) is 6.54 Å². The minimum absolute atomic E-state index is 0.0621. The predicted molar refractivity (Wildman–Crippen MR) is 75.5 cm³/mol. The third-order valence-electron chi connectivity index (χ3n) is 2.63. The molecule has 0 aliphatic heterocycles. The van der Waals surface area contributed by atoms with Gasteiger partial charge in [-0.3, -0.25) is 14.9 Å². The van der Waals surface area contributed by atoms with Gasteiger partial charge in [0.25, 0.3) is 5.69 Å². The van der Waals surface area contributed by atoms with E-state index in [1.165, 1.54) is 12.3 Å². The Kier molecular flexibility index (Phi) is 4.70. The van der Waals surface area contributed by atoms with Crippen molar-refractivity contribution in [1.29, 1.82) is 0 Å². The van der Waals surface area contributed by atoms with Crippen LogP contribution in [0.3, 0.4) is 0 Å². The largest absolute Gasteiger partial charge is 0.305 e. The third-order valence-corrected chi connectivity index (χ3v) is 2.63. The number of nitrogens with one attached hydrogen (secondary N) is 1. The lowest BCUT2D eigenvalue weighted by molar-refractivity contribution is -0.684. The number of nitrogens with zero attached hydrogens (tertiary/aromatic N) is 3. The van der Waals surface area contributed by atoms with Crippen molar-refractivity contribution in [2.45, 2.75) is 6.54 Å². The second-order valence-electron chi connectivity index (χ2n) is 4.16. The molecule has 2 rings (SSSR count). The molecule has 7 heteroatoms. The summed E-state index contributed by atoms with van der Waals surface area (Å²) in [6.07, 6.45) is 4.77. The number of amides is 1. The van der Waals surface area contributed by atoms with Crippen molar-refractivity contribution in [3.8, 4) is 0 Å². The second-order valence-corrected chi connectivity index (χ2v) is 4.16. The standard InChI is InChI=1S/C14H12N4O3/c19-14(11-17-8-4-1-5-9-17)16-15-10-12-6-2-3-7-13(12)18(20)21/h1-10H,11H2/p+1/b15-10-. The first kappa shape index (κ1) is 14.3. The summed E-state index contributed by atoms with van der Waals surface area (Å²) in [6.45, 7) is 0.120. The molecule has 1 amide bonds. The lowest BCUT2D eigenvalue weighted by Gasteiger charge is -1.97. The molecule has 1 aromatic heterocycles. The number of rotatable bonds is 5. The number of hydrazone groups is 1. The number of hydrogen-bond acceptors (Lipinski definition) is 4. The van der Waals surface area contributed by atoms with Gasteiger partial charge in [0.05, 0.1) is 16.7 Å². The molecule has 0 atom stereocenters. The van der Waals surface area contributed by atoms with E-state index < -0.39 is 4.92 Å². The average molecular weight is 285 g/mol. The van der Waals surface area contributed by atoms with Gasteiger partial charge in [-0.25, -0.2) is 5.43 Å². The van der Waals surface area contributed by atoms with Crippen molar-refractivity contribution in [2.24, 2.45) is 5.10 Å².